The highest BCUT2D eigenvalue weighted by molar-refractivity contribution is 5.18. The number of H-pyrrole nitrogens is 1. The van der Waals surface area contributed by atoms with E-state index < -0.39 is 0 Å². The maximum atomic E-state index is 11.2. The van der Waals surface area contributed by atoms with Gasteiger partial charge in [0.05, 0.1) is 0 Å². The van der Waals surface area contributed by atoms with Crippen molar-refractivity contribution in [3.63, 3.8) is 0 Å². The lowest BCUT2D eigenvalue weighted by Gasteiger charge is -2.05. The molecule has 0 atom stereocenters. The van der Waals surface area contributed by atoms with E-state index in [2.05, 4.69) is 20.1 Å². The van der Waals surface area contributed by atoms with Crippen molar-refractivity contribution in [1.29, 1.82) is 0 Å². The molecule has 0 aromatic carbocycles. The van der Waals surface area contributed by atoms with Crippen molar-refractivity contribution in [2.24, 2.45) is 0 Å². The van der Waals surface area contributed by atoms with Crippen LogP contribution < -0.4 is 5.69 Å². The minimum atomic E-state index is -0.375. The van der Waals surface area contributed by atoms with Gasteiger partial charge in [0.2, 0.25) is 0 Å². The molecule has 2 rings (SSSR count). The van der Waals surface area contributed by atoms with Crippen LogP contribution in [-0.2, 0) is 6.42 Å². The number of aryl methyl sites for hydroxylation is 3. The quantitative estimate of drug-likeness (QED) is 0.799. The minimum absolute atomic E-state index is 0.375. The van der Waals surface area contributed by atoms with Crippen LogP contribution in [0, 0.1) is 13.8 Å². The third kappa shape index (κ3) is 1.86. The van der Waals surface area contributed by atoms with Crippen LogP contribution in [0.3, 0.4) is 0 Å². The average Bonchev–Trinajstić information content (AvgIpc) is 2.58. The Morgan fingerprint density at radius 2 is 1.88 bits per heavy atom. The van der Waals surface area contributed by atoms with E-state index in [4.69, 9.17) is 0 Å². The maximum Gasteiger partial charge on any atom is 0.361 e. The van der Waals surface area contributed by atoms with E-state index in [0.29, 0.717) is 18.2 Å². The normalized spacial score (nSPS) is 10.7. The van der Waals surface area contributed by atoms with Gasteiger partial charge in [-0.3, -0.25) is 0 Å². The zero-order valence-corrected chi connectivity index (χ0v) is 9.48. The van der Waals surface area contributed by atoms with Crippen LogP contribution in [0.15, 0.2) is 10.9 Å². The monoisotopic (exact) mass is 219 g/mol. The van der Waals surface area contributed by atoms with Gasteiger partial charge in [0, 0.05) is 17.8 Å². The molecule has 0 bridgehead atoms. The second-order valence-electron chi connectivity index (χ2n) is 3.58. The van der Waals surface area contributed by atoms with Crippen molar-refractivity contribution in [3.8, 4) is 5.95 Å². The van der Waals surface area contributed by atoms with Gasteiger partial charge in [-0.25, -0.2) is 24.5 Å². The summed E-state index contributed by atoms with van der Waals surface area (Å²) < 4.78 is 1.53. The maximum absolute atomic E-state index is 11.2. The zero-order chi connectivity index (χ0) is 11.7. The smallest absolute Gasteiger partial charge is 0.244 e. The Morgan fingerprint density at radius 1 is 1.25 bits per heavy atom. The SMILES string of the molecule is CCc1nc(=O)[nH]n1-c1nc(C)cc(C)n1. The first-order valence-corrected chi connectivity index (χ1v) is 5.10. The van der Waals surface area contributed by atoms with Crippen molar-refractivity contribution in [3.05, 3.63) is 33.8 Å². The Kier molecular flexibility index (Phi) is 2.55. The first-order chi connectivity index (χ1) is 7.60. The van der Waals surface area contributed by atoms with Crippen molar-refractivity contribution >= 4 is 0 Å². The van der Waals surface area contributed by atoms with Gasteiger partial charge in [-0.05, 0) is 19.9 Å². The molecular formula is C10H13N5O. The molecule has 0 aliphatic rings. The second kappa shape index (κ2) is 3.88. The molecule has 0 amide bonds. The standard InChI is InChI=1S/C10H13N5O/c1-4-8-13-10(16)14-15(8)9-11-6(2)5-7(3)12-9/h5H,4H2,1-3H3,(H,14,16). The fourth-order valence-corrected chi connectivity index (χ4v) is 1.56. The molecule has 84 valence electrons. The van der Waals surface area contributed by atoms with Crippen LogP contribution in [-0.4, -0.2) is 24.7 Å². The first kappa shape index (κ1) is 10.5. The van der Waals surface area contributed by atoms with Gasteiger partial charge in [-0.15, -0.1) is 0 Å². The number of nitrogens with zero attached hydrogens (tertiary/aromatic N) is 4. The summed E-state index contributed by atoms with van der Waals surface area (Å²) in [6.07, 6.45) is 0.648. The van der Waals surface area contributed by atoms with Crippen LogP contribution in [0.25, 0.3) is 5.95 Å². The summed E-state index contributed by atoms with van der Waals surface area (Å²) in [6, 6.07) is 1.88. The Balaban J connectivity index is 2.61. The Bertz CT molecular complexity index is 549. The molecule has 0 radical (unpaired) electrons. The van der Waals surface area contributed by atoms with E-state index in [1.807, 2.05) is 26.8 Å². The summed E-state index contributed by atoms with van der Waals surface area (Å²) in [7, 11) is 0. The van der Waals surface area contributed by atoms with E-state index in [0.717, 1.165) is 11.4 Å². The summed E-state index contributed by atoms with van der Waals surface area (Å²) in [6.45, 7) is 5.70. The van der Waals surface area contributed by atoms with Gasteiger partial charge >= 0.3 is 5.69 Å². The van der Waals surface area contributed by atoms with Crippen LogP contribution >= 0.6 is 0 Å². The minimum Gasteiger partial charge on any atom is -0.244 e. The number of rotatable bonds is 2. The van der Waals surface area contributed by atoms with E-state index in [-0.39, 0.29) is 5.69 Å². The number of aromatic nitrogens is 5. The number of hydrogen-bond acceptors (Lipinski definition) is 4. The van der Waals surface area contributed by atoms with Crippen molar-refractivity contribution in [2.45, 2.75) is 27.2 Å². The number of nitrogens with one attached hydrogen (secondary N) is 1. The highest BCUT2D eigenvalue weighted by Crippen LogP contribution is 2.05. The van der Waals surface area contributed by atoms with Gasteiger partial charge in [0.25, 0.3) is 5.95 Å². The number of hydrogen-bond donors (Lipinski definition) is 1. The molecule has 0 fully saturated rings. The van der Waals surface area contributed by atoms with Crippen LogP contribution in [0.4, 0.5) is 0 Å². The molecule has 6 nitrogen and oxygen atoms in total. The summed E-state index contributed by atoms with van der Waals surface area (Å²) in [5.74, 6) is 1.10. The molecule has 0 aliphatic heterocycles. The molecule has 0 spiro atoms. The molecule has 16 heavy (non-hydrogen) atoms. The molecule has 1 N–H and O–H groups in total. The first-order valence-electron chi connectivity index (χ1n) is 5.10. The van der Waals surface area contributed by atoms with E-state index in [9.17, 15) is 4.79 Å². The Morgan fingerprint density at radius 3 is 2.44 bits per heavy atom. The Labute approximate surface area is 92.4 Å². The summed E-state index contributed by atoms with van der Waals surface area (Å²) in [5, 5.41) is 2.59. The molecule has 2 heterocycles. The van der Waals surface area contributed by atoms with Crippen molar-refractivity contribution in [2.75, 3.05) is 0 Å². The molecule has 0 unspecified atom stereocenters. The molecule has 6 heteroatoms. The summed E-state index contributed by atoms with van der Waals surface area (Å²) in [5.41, 5.74) is 1.35. The Hall–Kier alpha value is -1.98. The molecule has 0 saturated carbocycles. The summed E-state index contributed by atoms with van der Waals surface area (Å²) in [4.78, 5) is 23.5. The van der Waals surface area contributed by atoms with Crippen molar-refractivity contribution in [1.82, 2.24) is 24.7 Å². The topological polar surface area (TPSA) is 76.5 Å². The fourth-order valence-electron chi connectivity index (χ4n) is 1.56. The average molecular weight is 219 g/mol. The molecular weight excluding hydrogens is 206 g/mol. The van der Waals surface area contributed by atoms with Gasteiger partial charge in [0.1, 0.15) is 5.82 Å². The lowest BCUT2D eigenvalue weighted by molar-refractivity contribution is 0.738. The highest BCUT2D eigenvalue weighted by Gasteiger charge is 2.09. The third-order valence-corrected chi connectivity index (χ3v) is 2.18. The summed E-state index contributed by atoms with van der Waals surface area (Å²) >= 11 is 0. The molecule has 2 aromatic rings. The van der Waals surface area contributed by atoms with E-state index >= 15 is 0 Å². The number of aromatic amines is 1. The fraction of sp³-hybridized carbons (Fsp3) is 0.400. The van der Waals surface area contributed by atoms with Gasteiger partial charge in [-0.1, -0.05) is 6.92 Å². The molecule has 0 aliphatic carbocycles. The second-order valence-corrected chi connectivity index (χ2v) is 3.58. The van der Waals surface area contributed by atoms with Gasteiger partial charge < -0.3 is 0 Å². The van der Waals surface area contributed by atoms with E-state index in [1.165, 1.54) is 4.68 Å². The van der Waals surface area contributed by atoms with E-state index in [1.54, 1.807) is 0 Å². The van der Waals surface area contributed by atoms with Gasteiger partial charge in [-0.2, -0.15) is 4.98 Å². The molecule has 2 aromatic heterocycles. The lowest BCUT2D eigenvalue weighted by Crippen LogP contribution is -2.10. The highest BCUT2D eigenvalue weighted by atomic mass is 16.1. The largest absolute Gasteiger partial charge is 0.361 e. The van der Waals surface area contributed by atoms with Crippen LogP contribution in [0.1, 0.15) is 24.1 Å². The predicted octanol–water partition coefficient (Wildman–Crippen LogP) is 0.530. The predicted molar refractivity (Wildman–Crippen MR) is 58.6 cm³/mol. The van der Waals surface area contributed by atoms with Crippen molar-refractivity contribution < 1.29 is 0 Å². The van der Waals surface area contributed by atoms with Crippen LogP contribution in [0.2, 0.25) is 0 Å². The van der Waals surface area contributed by atoms with Crippen LogP contribution in [0.5, 0.6) is 0 Å². The zero-order valence-electron chi connectivity index (χ0n) is 9.48. The lowest BCUT2D eigenvalue weighted by atomic mass is 10.3. The molecule has 0 saturated heterocycles. The van der Waals surface area contributed by atoms with Gasteiger partial charge in [0.15, 0.2) is 0 Å². The third-order valence-electron chi connectivity index (χ3n) is 2.18.